The second-order valence-electron chi connectivity index (χ2n) is 5.17. The van der Waals surface area contributed by atoms with Crippen LogP contribution in [0, 0.1) is 0 Å². The predicted molar refractivity (Wildman–Crippen MR) is 78.0 cm³/mol. The Morgan fingerprint density at radius 2 is 2.29 bits per heavy atom. The van der Waals surface area contributed by atoms with Crippen molar-refractivity contribution in [2.24, 2.45) is 5.73 Å². The monoisotopic (exact) mass is 282 g/mol. The van der Waals surface area contributed by atoms with E-state index in [2.05, 4.69) is 16.2 Å². The SMILES string of the molecule is NCCc1nc(-c2cc3cccc4c3n(c2=O)CC4)no1. The summed E-state index contributed by atoms with van der Waals surface area (Å²) in [5.41, 5.74) is 8.13. The van der Waals surface area contributed by atoms with Crippen LogP contribution in [0.15, 0.2) is 33.6 Å². The summed E-state index contributed by atoms with van der Waals surface area (Å²) < 4.78 is 6.93. The smallest absolute Gasteiger partial charge is 0.262 e. The molecule has 0 spiro atoms. The molecular weight excluding hydrogens is 268 g/mol. The van der Waals surface area contributed by atoms with Crippen LogP contribution in [0.25, 0.3) is 22.3 Å². The zero-order chi connectivity index (χ0) is 14.4. The highest BCUT2D eigenvalue weighted by Gasteiger charge is 2.20. The molecule has 0 aliphatic carbocycles. The lowest BCUT2D eigenvalue weighted by Gasteiger charge is -2.05. The topological polar surface area (TPSA) is 86.9 Å². The van der Waals surface area contributed by atoms with Gasteiger partial charge in [0.25, 0.3) is 5.56 Å². The van der Waals surface area contributed by atoms with Crippen molar-refractivity contribution in [1.82, 2.24) is 14.7 Å². The van der Waals surface area contributed by atoms with Crippen molar-refractivity contribution in [3.8, 4) is 11.4 Å². The van der Waals surface area contributed by atoms with Crippen molar-refractivity contribution in [2.45, 2.75) is 19.4 Å². The summed E-state index contributed by atoms with van der Waals surface area (Å²) >= 11 is 0. The number of benzene rings is 1. The molecular formula is C15H14N4O2. The van der Waals surface area contributed by atoms with Crippen LogP contribution in [-0.4, -0.2) is 21.3 Å². The maximum atomic E-state index is 12.6. The molecule has 2 aromatic heterocycles. The highest BCUT2D eigenvalue weighted by Crippen LogP contribution is 2.26. The van der Waals surface area contributed by atoms with Crippen molar-refractivity contribution in [2.75, 3.05) is 6.54 Å². The molecule has 6 nitrogen and oxygen atoms in total. The second kappa shape index (κ2) is 4.53. The molecule has 0 amide bonds. The van der Waals surface area contributed by atoms with Gasteiger partial charge in [-0.25, -0.2) is 0 Å². The minimum atomic E-state index is -0.0625. The van der Waals surface area contributed by atoms with E-state index in [1.165, 1.54) is 5.56 Å². The standard InChI is InChI=1S/C15H14N4O2/c16-6-4-12-17-14(18-21-12)11-8-10-3-1-2-9-5-7-19(13(9)10)15(11)20/h1-3,8H,4-7,16H2. The fraction of sp³-hybridized carbons (Fsp3) is 0.267. The van der Waals surface area contributed by atoms with Gasteiger partial charge < -0.3 is 14.8 Å². The van der Waals surface area contributed by atoms with Crippen LogP contribution < -0.4 is 11.3 Å². The molecule has 4 rings (SSSR count). The Balaban J connectivity index is 1.94. The van der Waals surface area contributed by atoms with E-state index >= 15 is 0 Å². The number of hydrogen-bond acceptors (Lipinski definition) is 5. The molecule has 1 aliphatic heterocycles. The predicted octanol–water partition coefficient (Wildman–Crippen LogP) is 1.11. The van der Waals surface area contributed by atoms with Gasteiger partial charge in [0, 0.05) is 19.5 Å². The summed E-state index contributed by atoms with van der Waals surface area (Å²) in [7, 11) is 0. The second-order valence-corrected chi connectivity index (χ2v) is 5.17. The summed E-state index contributed by atoms with van der Waals surface area (Å²) in [6, 6.07) is 7.93. The molecule has 0 saturated carbocycles. The first kappa shape index (κ1) is 12.3. The van der Waals surface area contributed by atoms with Gasteiger partial charge in [0.05, 0.1) is 11.1 Å². The average Bonchev–Trinajstić information content (AvgIpc) is 3.11. The molecule has 1 aliphatic rings. The number of rotatable bonds is 3. The Kier molecular flexibility index (Phi) is 2.65. The fourth-order valence-corrected chi connectivity index (χ4v) is 2.92. The zero-order valence-corrected chi connectivity index (χ0v) is 11.4. The molecule has 0 bridgehead atoms. The number of nitrogens with zero attached hydrogens (tertiary/aromatic N) is 3. The zero-order valence-electron chi connectivity index (χ0n) is 11.4. The van der Waals surface area contributed by atoms with Crippen LogP contribution in [-0.2, 0) is 19.4 Å². The Labute approximate surface area is 120 Å². The van der Waals surface area contributed by atoms with E-state index in [-0.39, 0.29) is 5.56 Å². The first-order valence-corrected chi connectivity index (χ1v) is 6.96. The van der Waals surface area contributed by atoms with Crippen molar-refractivity contribution >= 4 is 10.9 Å². The molecule has 3 aromatic rings. The Morgan fingerprint density at radius 3 is 3.14 bits per heavy atom. The van der Waals surface area contributed by atoms with Crippen molar-refractivity contribution in [3.05, 3.63) is 46.1 Å². The largest absolute Gasteiger partial charge is 0.339 e. The Morgan fingerprint density at radius 1 is 1.38 bits per heavy atom. The molecule has 0 fully saturated rings. The van der Waals surface area contributed by atoms with E-state index in [0.29, 0.717) is 36.8 Å². The third-order valence-corrected chi connectivity index (χ3v) is 3.87. The van der Waals surface area contributed by atoms with Gasteiger partial charge in [-0.3, -0.25) is 4.79 Å². The lowest BCUT2D eigenvalue weighted by Crippen LogP contribution is -2.20. The summed E-state index contributed by atoms with van der Waals surface area (Å²) in [4.78, 5) is 16.9. The molecule has 1 aromatic carbocycles. The van der Waals surface area contributed by atoms with E-state index in [9.17, 15) is 4.79 Å². The summed E-state index contributed by atoms with van der Waals surface area (Å²) in [5, 5.41) is 4.94. The van der Waals surface area contributed by atoms with Gasteiger partial charge in [-0.05, 0) is 23.4 Å². The maximum absolute atomic E-state index is 12.6. The highest BCUT2D eigenvalue weighted by atomic mass is 16.5. The van der Waals surface area contributed by atoms with Gasteiger partial charge in [0.15, 0.2) is 0 Å². The minimum Gasteiger partial charge on any atom is -0.339 e. The van der Waals surface area contributed by atoms with Crippen LogP contribution in [0.1, 0.15) is 11.5 Å². The van der Waals surface area contributed by atoms with Gasteiger partial charge in [-0.15, -0.1) is 0 Å². The van der Waals surface area contributed by atoms with E-state index in [1.807, 2.05) is 18.2 Å². The fourth-order valence-electron chi connectivity index (χ4n) is 2.92. The summed E-state index contributed by atoms with van der Waals surface area (Å²) in [5.74, 6) is 0.800. The number of pyridine rings is 1. The molecule has 106 valence electrons. The molecule has 6 heteroatoms. The summed E-state index contributed by atoms with van der Waals surface area (Å²) in [6.45, 7) is 1.14. The molecule has 2 N–H and O–H groups in total. The molecule has 0 unspecified atom stereocenters. The van der Waals surface area contributed by atoms with Crippen LogP contribution >= 0.6 is 0 Å². The minimum absolute atomic E-state index is 0.0625. The van der Waals surface area contributed by atoms with Crippen molar-refractivity contribution < 1.29 is 4.52 Å². The van der Waals surface area contributed by atoms with E-state index in [0.717, 1.165) is 17.3 Å². The van der Waals surface area contributed by atoms with Gasteiger partial charge in [-0.1, -0.05) is 23.4 Å². The number of hydrogen-bond donors (Lipinski definition) is 1. The maximum Gasteiger partial charge on any atom is 0.262 e. The van der Waals surface area contributed by atoms with Crippen LogP contribution in [0.2, 0.25) is 0 Å². The molecule has 0 saturated heterocycles. The quantitative estimate of drug-likeness (QED) is 0.777. The number of aryl methyl sites for hydroxylation is 2. The number of aromatic nitrogens is 3. The van der Waals surface area contributed by atoms with E-state index in [4.69, 9.17) is 10.3 Å². The van der Waals surface area contributed by atoms with E-state index < -0.39 is 0 Å². The highest BCUT2D eigenvalue weighted by molar-refractivity contribution is 5.86. The first-order chi connectivity index (χ1) is 10.3. The molecule has 3 heterocycles. The third-order valence-electron chi connectivity index (χ3n) is 3.87. The molecule has 21 heavy (non-hydrogen) atoms. The third kappa shape index (κ3) is 1.80. The first-order valence-electron chi connectivity index (χ1n) is 6.96. The average molecular weight is 282 g/mol. The van der Waals surface area contributed by atoms with Gasteiger partial charge >= 0.3 is 0 Å². The number of nitrogens with two attached hydrogens (primary N) is 1. The Bertz CT molecular complexity index is 894. The normalized spacial score (nSPS) is 13.2. The van der Waals surface area contributed by atoms with Crippen LogP contribution in [0.5, 0.6) is 0 Å². The number of para-hydroxylation sites is 1. The lowest BCUT2D eigenvalue weighted by atomic mass is 10.1. The van der Waals surface area contributed by atoms with Crippen LogP contribution in [0.3, 0.4) is 0 Å². The lowest BCUT2D eigenvalue weighted by molar-refractivity contribution is 0.380. The van der Waals surface area contributed by atoms with Gasteiger partial charge in [0.1, 0.15) is 0 Å². The Hall–Kier alpha value is -2.47. The molecule has 0 atom stereocenters. The van der Waals surface area contributed by atoms with Gasteiger partial charge in [-0.2, -0.15) is 4.98 Å². The summed E-state index contributed by atoms with van der Waals surface area (Å²) in [6.07, 6.45) is 1.40. The van der Waals surface area contributed by atoms with E-state index in [1.54, 1.807) is 4.57 Å². The van der Waals surface area contributed by atoms with Crippen molar-refractivity contribution in [3.63, 3.8) is 0 Å². The van der Waals surface area contributed by atoms with Crippen molar-refractivity contribution in [1.29, 1.82) is 0 Å². The van der Waals surface area contributed by atoms with Crippen LogP contribution in [0.4, 0.5) is 0 Å². The molecule has 0 radical (unpaired) electrons. The van der Waals surface area contributed by atoms with Gasteiger partial charge in [0.2, 0.25) is 11.7 Å².